The summed E-state index contributed by atoms with van der Waals surface area (Å²) in [5.74, 6) is -0.765. The maximum atomic E-state index is 11.0. The number of rotatable bonds is 9. The number of aliphatic imine (C=N–C) groups is 1. The van der Waals surface area contributed by atoms with Crippen molar-refractivity contribution in [1.82, 2.24) is 0 Å². The van der Waals surface area contributed by atoms with Crippen molar-refractivity contribution in [2.45, 2.75) is 39.2 Å². The lowest BCUT2D eigenvalue weighted by Gasteiger charge is -2.05. The van der Waals surface area contributed by atoms with E-state index in [4.69, 9.17) is 10.8 Å². The molecule has 0 saturated carbocycles. The molecule has 5 nitrogen and oxygen atoms in total. The molecule has 0 aliphatic carbocycles. The predicted octanol–water partition coefficient (Wildman–Crippen LogP) is 3.42. The molecular formula is C19H28N2O3. The summed E-state index contributed by atoms with van der Waals surface area (Å²) in [6.45, 7) is 8.09. The number of aliphatic carboxylic acids is 1. The fourth-order valence-electron chi connectivity index (χ4n) is 1.94. The molecule has 1 unspecified atom stereocenters. The van der Waals surface area contributed by atoms with Crippen LogP contribution in [0.4, 0.5) is 0 Å². The van der Waals surface area contributed by atoms with Gasteiger partial charge in [-0.15, -0.1) is 6.58 Å². The number of hydrogen-bond donors (Lipinski definition) is 3. The summed E-state index contributed by atoms with van der Waals surface area (Å²) in [6.07, 6.45) is 8.08. The second-order valence-corrected chi connectivity index (χ2v) is 4.79. The zero-order chi connectivity index (χ0) is 18.4. The predicted molar refractivity (Wildman–Crippen MR) is 101 cm³/mol. The molecule has 0 radical (unpaired) electrons. The molecule has 1 aromatic carbocycles. The fraction of sp³-hybridized carbons (Fsp3) is 0.368. The Morgan fingerprint density at radius 1 is 1.42 bits per heavy atom. The minimum atomic E-state index is -0.964. The third kappa shape index (κ3) is 7.74. The summed E-state index contributed by atoms with van der Waals surface area (Å²) >= 11 is 0. The molecule has 0 bridgehead atoms. The van der Waals surface area contributed by atoms with Crippen molar-refractivity contribution in [2.24, 2.45) is 10.7 Å². The maximum Gasteiger partial charge on any atom is 0.328 e. The zero-order valence-electron chi connectivity index (χ0n) is 14.5. The van der Waals surface area contributed by atoms with Crippen molar-refractivity contribution in [3.8, 4) is 5.75 Å². The van der Waals surface area contributed by atoms with Gasteiger partial charge in [0.1, 0.15) is 11.8 Å². The molecule has 132 valence electrons. The van der Waals surface area contributed by atoms with Crippen LogP contribution in [0.3, 0.4) is 0 Å². The van der Waals surface area contributed by atoms with E-state index in [0.717, 1.165) is 5.56 Å². The number of phenols is 1. The average molecular weight is 332 g/mol. The number of aromatic hydroxyl groups is 1. The molecule has 1 aromatic rings. The van der Waals surface area contributed by atoms with Crippen molar-refractivity contribution in [3.63, 3.8) is 0 Å². The lowest BCUT2D eigenvalue weighted by molar-refractivity contribution is -0.138. The lowest BCUT2D eigenvalue weighted by Crippen LogP contribution is -2.19. The highest BCUT2D eigenvalue weighted by Gasteiger charge is 2.13. The number of carboxylic acid groups (broad SMARTS) is 1. The normalized spacial score (nSPS) is 12.0. The van der Waals surface area contributed by atoms with Crippen LogP contribution in [0, 0.1) is 0 Å². The van der Waals surface area contributed by atoms with Crippen molar-refractivity contribution in [1.29, 1.82) is 0 Å². The van der Waals surface area contributed by atoms with Crippen molar-refractivity contribution in [3.05, 3.63) is 48.1 Å². The molecular weight excluding hydrogens is 304 g/mol. The van der Waals surface area contributed by atoms with Crippen LogP contribution in [0.25, 0.3) is 6.08 Å². The minimum absolute atomic E-state index is 0.199. The van der Waals surface area contributed by atoms with Gasteiger partial charge in [0.15, 0.2) is 0 Å². The second-order valence-electron chi connectivity index (χ2n) is 4.79. The number of allylic oxidation sites excluding steroid dienone is 2. The summed E-state index contributed by atoms with van der Waals surface area (Å²) in [4.78, 5) is 15.0. The smallest absolute Gasteiger partial charge is 0.328 e. The van der Waals surface area contributed by atoms with Crippen LogP contribution < -0.4 is 5.73 Å². The van der Waals surface area contributed by atoms with Gasteiger partial charge in [0.25, 0.3) is 0 Å². The van der Waals surface area contributed by atoms with Gasteiger partial charge in [-0.3, -0.25) is 4.99 Å². The molecule has 5 heteroatoms. The molecule has 0 aliphatic heterocycles. The molecule has 0 amide bonds. The minimum Gasteiger partial charge on any atom is -0.507 e. The second kappa shape index (κ2) is 13.1. The van der Waals surface area contributed by atoms with Crippen LogP contribution in [0.5, 0.6) is 5.75 Å². The van der Waals surface area contributed by atoms with Gasteiger partial charge in [0.05, 0.1) is 0 Å². The monoisotopic (exact) mass is 332 g/mol. The molecule has 1 rings (SSSR count). The molecule has 24 heavy (non-hydrogen) atoms. The van der Waals surface area contributed by atoms with E-state index in [1.807, 2.05) is 26.0 Å². The van der Waals surface area contributed by atoms with Crippen LogP contribution in [-0.4, -0.2) is 35.0 Å². The van der Waals surface area contributed by atoms with E-state index in [0.29, 0.717) is 31.4 Å². The van der Waals surface area contributed by atoms with Crippen LogP contribution in [-0.2, 0) is 11.2 Å². The van der Waals surface area contributed by atoms with Crippen molar-refractivity contribution < 1.29 is 15.0 Å². The van der Waals surface area contributed by atoms with Crippen LogP contribution in [0.15, 0.2) is 41.9 Å². The van der Waals surface area contributed by atoms with Gasteiger partial charge in [-0.05, 0) is 43.5 Å². The Labute approximate surface area is 144 Å². The first-order valence-electron chi connectivity index (χ1n) is 8.14. The van der Waals surface area contributed by atoms with E-state index < -0.39 is 12.0 Å². The highest BCUT2D eigenvalue weighted by molar-refractivity contribution is 5.82. The Morgan fingerprint density at radius 3 is 2.71 bits per heavy atom. The third-order valence-electron chi connectivity index (χ3n) is 3.11. The SMILES string of the molecule is C=CCc1cccc(/C=C/C=NC(CCCN)C(=O)O)c1O.CC. The van der Waals surface area contributed by atoms with Crippen LogP contribution >= 0.6 is 0 Å². The molecule has 4 N–H and O–H groups in total. The highest BCUT2D eigenvalue weighted by atomic mass is 16.4. The summed E-state index contributed by atoms with van der Waals surface area (Å²) in [7, 11) is 0. The van der Waals surface area contributed by atoms with E-state index in [2.05, 4.69) is 11.6 Å². The summed E-state index contributed by atoms with van der Waals surface area (Å²) in [5.41, 5.74) is 6.81. The zero-order valence-corrected chi connectivity index (χ0v) is 14.5. The van der Waals surface area contributed by atoms with Crippen molar-refractivity contribution in [2.75, 3.05) is 6.54 Å². The van der Waals surface area contributed by atoms with Gasteiger partial charge in [0, 0.05) is 11.8 Å². The lowest BCUT2D eigenvalue weighted by atomic mass is 10.1. The first-order chi connectivity index (χ1) is 11.6. The largest absolute Gasteiger partial charge is 0.507 e. The Hall–Kier alpha value is -2.40. The van der Waals surface area contributed by atoms with E-state index in [-0.39, 0.29) is 5.75 Å². The number of carboxylic acids is 1. The highest BCUT2D eigenvalue weighted by Crippen LogP contribution is 2.24. The third-order valence-corrected chi connectivity index (χ3v) is 3.11. The summed E-state index contributed by atoms with van der Waals surface area (Å²) < 4.78 is 0. The van der Waals surface area contributed by atoms with E-state index in [1.165, 1.54) is 6.21 Å². The van der Waals surface area contributed by atoms with E-state index >= 15 is 0 Å². The van der Waals surface area contributed by atoms with Crippen molar-refractivity contribution >= 4 is 18.3 Å². The number of nitrogens with zero attached hydrogens (tertiary/aromatic N) is 1. The summed E-state index contributed by atoms with van der Waals surface area (Å²) in [6, 6.07) is 4.66. The molecule has 0 aromatic heterocycles. The first-order valence-corrected chi connectivity index (χ1v) is 8.14. The number of para-hydroxylation sites is 1. The van der Waals surface area contributed by atoms with Crippen LogP contribution in [0.2, 0.25) is 0 Å². The van der Waals surface area contributed by atoms with E-state index in [1.54, 1.807) is 24.3 Å². The number of carbonyl (C=O) groups is 1. The van der Waals surface area contributed by atoms with Gasteiger partial charge in [-0.1, -0.05) is 38.1 Å². The number of hydrogen-bond acceptors (Lipinski definition) is 4. The Balaban J connectivity index is 0.00000254. The number of nitrogens with two attached hydrogens (primary N) is 1. The maximum absolute atomic E-state index is 11.0. The Kier molecular flexibility index (Phi) is 11.8. The molecule has 0 heterocycles. The van der Waals surface area contributed by atoms with Gasteiger partial charge >= 0.3 is 5.97 Å². The average Bonchev–Trinajstić information content (AvgIpc) is 2.59. The number of benzene rings is 1. The molecule has 0 spiro atoms. The van der Waals surface area contributed by atoms with Gasteiger partial charge < -0.3 is 15.9 Å². The van der Waals surface area contributed by atoms with Gasteiger partial charge in [-0.2, -0.15) is 0 Å². The standard InChI is InChI=1S/C17H22N2O3.C2H6/c1-2-6-13-7-3-8-14(16(13)20)9-5-12-19-15(17(21)22)10-4-11-18;1-2/h2-3,5,7-9,12,15,20H,1,4,6,10-11,18H2,(H,21,22);1-2H3/b9-5+,19-12?;. The summed E-state index contributed by atoms with van der Waals surface area (Å²) in [5, 5.41) is 19.1. The van der Waals surface area contributed by atoms with E-state index in [9.17, 15) is 9.90 Å². The van der Waals surface area contributed by atoms with Gasteiger partial charge in [0.2, 0.25) is 0 Å². The van der Waals surface area contributed by atoms with Gasteiger partial charge in [-0.25, -0.2) is 4.79 Å². The fourth-order valence-corrected chi connectivity index (χ4v) is 1.94. The Bertz CT molecular complexity index is 566. The number of phenolic OH excluding ortho intramolecular Hbond substituents is 1. The Morgan fingerprint density at radius 2 is 2.12 bits per heavy atom. The topological polar surface area (TPSA) is 95.9 Å². The quantitative estimate of drug-likeness (QED) is 0.477. The first kappa shape index (κ1) is 21.6. The molecule has 0 fully saturated rings. The molecule has 0 saturated heterocycles. The van der Waals surface area contributed by atoms with Crippen LogP contribution in [0.1, 0.15) is 37.8 Å². The molecule has 1 atom stereocenters. The molecule has 0 aliphatic rings.